The molecule has 1 unspecified atom stereocenters. The smallest absolute Gasteiger partial charge is 0.197 e. The van der Waals surface area contributed by atoms with Crippen LogP contribution in [0.3, 0.4) is 0 Å². The minimum absolute atomic E-state index is 0. The van der Waals surface area contributed by atoms with Gasteiger partial charge < -0.3 is 28.8 Å². The number of aromatic amines is 1. The molecule has 0 radical (unpaired) electrons. The van der Waals surface area contributed by atoms with Gasteiger partial charge in [0.05, 0.1) is 45.4 Å². The van der Waals surface area contributed by atoms with Gasteiger partial charge in [-0.1, -0.05) is 77.7 Å². The number of methoxy groups -OCH3 is 2. The van der Waals surface area contributed by atoms with Crippen molar-refractivity contribution in [1.82, 2.24) is 0 Å². The van der Waals surface area contributed by atoms with Crippen LogP contribution in [0.5, 0.6) is 23.0 Å². The molecule has 0 fully saturated rings. The van der Waals surface area contributed by atoms with Crippen molar-refractivity contribution in [3.63, 3.8) is 0 Å². The molecule has 0 spiro atoms. The van der Waals surface area contributed by atoms with Crippen LogP contribution >= 0.6 is 45.2 Å². The Labute approximate surface area is 354 Å². The first-order chi connectivity index (χ1) is 23.7. The molecule has 0 aliphatic heterocycles. The van der Waals surface area contributed by atoms with E-state index in [1.165, 1.54) is 51.5 Å². The van der Waals surface area contributed by atoms with E-state index in [0.29, 0.717) is 38.6 Å². The predicted octanol–water partition coefficient (Wildman–Crippen LogP) is 12.0. The van der Waals surface area contributed by atoms with Crippen molar-refractivity contribution < 1.29 is 43.4 Å². The second-order valence-electron chi connectivity index (χ2n) is 10.1. The maximum Gasteiger partial charge on any atom is 0.197 e. The summed E-state index contributed by atoms with van der Waals surface area (Å²) in [5.74, 6) is 1.59. The summed E-state index contributed by atoms with van der Waals surface area (Å²) in [5.41, 5.74) is 3.70. The Bertz CT molecular complexity index is 1520. The molecule has 0 saturated carbocycles. The lowest BCUT2D eigenvalue weighted by molar-refractivity contribution is -0.377. The molecule has 304 valence electrons. The maximum atomic E-state index is 11.5. The van der Waals surface area contributed by atoms with Crippen molar-refractivity contribution in [2.45, 2.75) is 84.5 Å². The van der Waals surface area contributed by atoms with Crippen molar-refractivity contribution in [1.29, 1.82) is 0 Å². The number of aromatic nitrogens is 1. The van der Waals surface area contributed by atoms with E-state index < -0.39 is 0 Å². The molecule has 0 amide bonds. The number of ether oxygens (including phenoxy) is 5. The van der Waals surface area contributed by atoms with Gasteiger partial charge >= 0.3 is 0 Å². The zero-order chi connectivity index (χ0) is 38.1. The first-order valence-electron chi connectivity index (χ1n) is 15.7. The highest BCUT2D eigenvalue weighted by atomic mass is 127. The van der Waals surface area contributed by atoms with E-state index >= 15 is 0 Å². The standard InChI is InChI=1S/C13H17IO4.C9H9IO3.C8H10.C5H5N.C4H8O.4CH4/c1-5-17-9(3)18-13-7-12(16-4)10(8(2)15)6-11(13)14;1-5(11)6-3-7(10)8(12)4-9(6)13-2;1-7-3-5-8(2)6-4-7;1-2-4-6-5-3-1;1-3-5-4-2;;;;/h6-7,9H,5H2,1-4H3;3-4,12H,1-2H3;3-6H,1-2H3;1-5H;3H,1,4H2,2H3;4*1H4/p+1. The highest BCUT2D eigenvalue weighted by Gasteiger charge is 2.15. The van der Waals surface area contributed by atoms with E-state index in [1.807, 2.05) is 74.0 Å². The SMILES string of the molecule is C.C.C.C.C=COCC.CCOC(C)Oc1cc(OC)c(C(C)=O)cc1I.COc1cc(O)c(I)cc1C(C)=O.Cc1ccc(C)cc1.c1cc[nH+]cc1. The number of carbonyl (C=O) groups is 2. The molecule has 4 aromatic rings. The van der Waals surface area contributed by atoms with Crippen LogP contribution in [0.25, 0.3) is 0 Å². The quantitative estimate of drug-likeness (QED) is 0.0723. The van der Waals surface area contributed by atoms with Gasteiger partial charge in [-0.05, 0) is 106 Å². The van der Waals surface area contributed by atoms with Crippen molar-refractivity contribution in [3.8, 4) is 23.0 Å². The van der Waals surface area contributed by atoms with Crippen LogP contribution in [0, 0.1) is 21.0 Å². The highest BCUT2D eigenvalue weighted by Crippen LogP contribution is 2.31. The zero-order valence-corrected chi connectivity index (χ0v) is 34.7. The van der Waals surface area contributed by atoms with Gasteiger partial charge in [0.25, 0.3) is 0 Å². The fourth-order valence-electron chi connectivity index (χ4n) is 3.60. The number of aryl methyl sites for hydroxylation is 2. The van der Waals surface area contributed by atoms with Crippen LogP contribution in [-0.2, 0) is 9.47 Å². The van der Waals surface area contributed by atoms with E-state index in [9.17, 15) is 14.7 Å². The van der Waals surface area contributed by atoms with Crippen molar-refractivity contribution in [3.05, 3.63) is 121 Å². The average molecular weight is 979 g/mol. The number of phenolic OH excluding ortho intramolecular Hbond substituents is 1. The lowest BCUT2D eigenvalue weighted by atomic mass is 10.1. The Morgan fingerprint density at radius 1 is 0.759 bits per heavy atom. The molecule has 9 nitrogen and oxygen atoms in total. The predicted molar refractivity (Wildman–Crippen MR) is 242 cm³/mol. The lowest BCUT2D eigenvalue weighted by Crippen LogP contribution is -2.16. The lowest BCUT2D eigenvalue weighted by Gasteiger charge is -2.17. The fourth-order valence-corrected chi connectivity index (χ4v) is 4.66. The molecule has 1 atom stereocenters. The monoisotopic (exact) mass is 978 g/mol. The summed E-state index contributed by atoms with van der Waals surface area (Å²) in [6.45, 7) is 17.5. The van der Waals surface area contributed by atoms with E-state index in [0.717, 1.165) is 10.2 Å². The number of H-pyrrole nitrogens is 1. The summed E-state index contributed by atoms with van der Waals surface area (Å²) in [4.78, 5) is 25.5. The molecular formula is C43H66I2NO8+. The Balaban J connectivity index is -0.000000196. The Morgan fingerprint density at radius 3 is 1.52 bits per heavy atom. The van der Waals surface area contributed by atoms with Crippen LogP contribution in [0.15, 0.2) is 92.0 Å². The molecule has 11 heteroatoms. The summed E-state index contributed by atoms with van der Waals surface area (Å²) in [5, 5.41) is 9.34. The molecule has 54 heavy (non-hydrogen) atoms. The van der Waals surface area contributed by atoms with E-state index in [4.69, 9.17) is 18.9 Å². The van der Waals surface area contributed by atoms with E-state index in [-0.39, 0.29) is 53.3 Å². The van der Waals surface area contributed by atoms with Gasteiger partial charge in [-0.2, -0.15) is 0 Å². The molecule has 1 aromatic heterocycles. The van der Waals surface area contributed by atoms with Gasteiger partial charge in [-0.3, -0.25) is 9.59 Å². The third-order valence-corrected chi connectivity index (χ3v) is 7.79. The van der Waals surface area contributed by atoms with E-state index in [2.05, 4.69) is 77.0 Å². The van der Waals surface area contributed by atoms with Crippen LogP contribution in [0.2, 0.25) is 0 Å². The largest absolute Gasteiger partial charge is 0.507 e. The minimum atomic E-state index is -0.337. The normalized spacial score (nSPS) is 9.24. The maximum absolute atomic E-state index is 11.5. The Hall–Kier alpha value is -3.69. The summed E-state index contributed by atoms with van der Waals surface area (Å²) in [6, 6.07) is 20.9. The second kappa shape index (κ2) is 35.0. The van der Waals surface area contributed by atoms with Gasteiger partial charge in [-0.25, -0.2) is 4.98 Å². The number of phenols is 1. The summed E-state index contributed by atoms with van der Waals surface area (Å²) < 4.78 is 27.2. The molecule has 3 aromatic carbocycles. The summed E-state index contributed by atoms with van der Waals surface area (Å²) in [6.07, 6.45) is 4.84. The summed E-state index contributed by atoms with van der Waals surface area (Å²) in [7, 11) is 3.00. The first-order valence-corrected chi connectivity index (χ1v) is 17.8. The number of rotatable bonds is 10. The van der Waals surface area contributed by atoms with E-state index in [1.54, 1.807) is 18.2 Å². The highest BCUT2D eigenvalue weighted by molar-refractivity contribution is 14.1. The average Bonchev–Trinajstić information content (AvgIpc) is 3.10. The topological polar surface area (TPSA) is 115 Å². The minimum Gasteiger partial charge on any atom is -0.507 e. The molecule has 0 saturated heterocycles. The van der Waals surface area contributed by atoms with Crippen LogP contribution in [0.4, 0.5) is 0 Å². The van der Waals surface area contributed by atoms with Crippen molar-refractivity contribution >= 4 is 56.7 Å². The summed E-state index contributed by atoms with van der Waals surface area (Å²) >= 11 is 4.08. The Kier molecular flexibility index (Phi) is 38.7. The molecule has 1 heterocycles. The van der Waals surface area contributed by atoms with Gasteiger partial charge in [0.15, 0.2) is 30.3 Å². The number of hydrogen-bond donors (Lipinski definition) is 1. The fraction of sp³-hybridized carbons (Fsp3) is 0.372. The Morgan fingerprint density at radius 2 is 1.20 bits per heavy atom. The number of halogens is 2. The second-order valence-corrected chi connectivity index (χ2v) is 12.4. The van der Waals surface area contributed by atoms with Crippen molar-refractivity contribution in [2.24, 2.45) is 0 Å². The molecule has 0 bridgehead atoms. The zero-order valence-electron chi connectivity index (χ0n) is 30.3. The molecule has 2 N–H and O–H groups in total. The number of hydrogen-bond acceptors (Lipinski definition) is 8. The molecule has 0 aliphatic rings. The van der Waals surface area contributed by atoms with Gasteiger partial charge in [0.2, 0.25) is 0 Å². The molecular weight excluding hydrogens is 912 g/mol. The molecule has 0 aliphatic carbocycles. The van der Waals surface area contributed by atoms with Crippen molar-refractivity contribution in [2.75, 3.05) is 27.4 Å². The number of carbonyl (C=O) groups excluding carboxylic acids is 2. The number of pyridine rings is 1. The number of aromatic hydroxyl groups is 1. The van der Waals surface area contributed by atoms with Gasteiger partial charge in [-0.15, -0.1) is 0 Å². The third-order valence-electron chi connectivity index (χ3n) is 6.09. The number of nitrogens with one attached hydrogen (secondary N) is 1. The molecule has 4 rings (SSSR count). The van der Waals surface area contributed by atoms with Gasteiger partial charge in [0.1, 0.15) is 23.0 Å². The van der Waals surface area contributed by atoms with Crippen LogP contribution in [0.1, 0.15) is 96.2 Å². The van der Waals surface area contributed by atoms with Crippen LogP contribution in [-0.4, -0.2) is 50.4 Å². The number of ketones is 2. The first kappa shape index (κ1) is 59.6. The van der Waals surface area contributed by atoms with Gasteiger partial charge in [0, 0.05) is 30.9 Å². The third kappa shape index (κ3) is 25.4. The number of Topliss-reactive ketones (excluding diaryl/α,β-unsaturated/α-hetero) is 2. The van der Waals surface area contributed by atoms with Crippen LogP contribution < -0.4 is 19.2 Å². The number of benzene rings is 3.